The largest absolute Gasteiger partial charge is 0.376 e. The second kappa shape index (κ2) is 5.36. The van der Waals surface area contributed by atoms with Crippen LogP contribution in [-0.4, -0.2) is 30.9 Å². The third kappa shape index (κ3) is 2.56. The molecule has 2 unspecified atom stereocenters. The van der Waals surface area contributed by atoms with E-state index < -0.39 is 0 Å². The van der Waals surface area contributed by atoms with Gasteiger partial charge in [-0.3, -0.25) is 16.3 Å². The van der Waals surface area contributed by atoms with Gasteiger partial charge in [-0.25, -0.2) is 0 Å². The number of hydrogen-bond donors (Lipinski definition) is 2. The van der Waals surface area contributed by atoms with Crippen molar-refractivity contribution in [2.24, 2.45) is 5.84 Å². The molecule has 0 bridgehead atoms. The Bertz CT molecular complexity index is 323. The van der Waals surface area contributed by atoms with Gasteiger partial charge in [0.15, 0.2) is 0 Å². The molecule has 2 heterocycles. The maximum Gasteiger partial charge on any atom is 0.102 e. The minimum absolute atomic E-state index is 0.0525. The van der Waals surface area contributed by atoms with E-state index in [9.17, 15) is 0 Å². The number of ether oxygens (including phenoxy) is 2. The molecule has 0 aromatic carbocycles. The molecule has 5 heteroatoms. The molecule has 3 N–H and O–H groups in total. The van der Waals surface area contributed by atoms with Crippen LogP contribution in [-0.2, 0) is 9.47 Å². The quantitative estimate of drug-likeness (QED) is 0.570. The zero-order valence-electron chi connectivity index (χ0n) is 9.35. The maximum absolute atomic E-state index is 5.62. The van der Waals surface area contributed by atoms with Gasteiger partial charge < -0.3 is 9.47 Å². The maximum atomic E-state index is 5.62. The molecule has 16 heavy (non-hydrogen) atoms. The monoisotopic (exact) mass is 223 g/mol. The molecule has 2 rings (SSSR count). The van der Waals surface area contributed by atoms with Gasteiger partial charge in [0.05, 0.1) is 25.9 Å². The number of nitrogens with two attached hydrogens (primary N) is 1. The van der Waals surface area contributed by atoms with E-state index in [0.29, 0.717) is 19.8 Å². The molecule has 0 aliphatic carbocycles. The molecule has 1 aromatic heterocycles. The first kappa shape index (κ1) is 11.5. The van der Waals surface area contributed by atoms with Crippen LogP contribution < -0.4 is 11.3 Å². The second-order valence-electron chi connectivity index (χ2n) is 3.86. The number of rotatable bonds is 3. The number of aryl methyl sites for hydroxylation is 1. The summed E-state index contributed by atoms with van der Waals surface area (Å²) in [6.45, 7) is 3.78. The van der Waals surface area contributed by atoms with Crippen LogP contribution in [0.25, 0.3) is 0 Å². The Hall–Kier alpha value is -1.01. The van der Waals surface area contributed by atoms with Crippen molar-refractivity contribution < 1.29 is 9.47 Å². The van der Waals surface area contributed by atoms with Crippen molar-refractivity contribution in [2.75, 3.05) is 19.8 Å². The number of hydrogen-bond acceptors (Lipinski definition) is 5. The summed E-state index contributed by atoms with van der Waals surface area (Å²) in [4.78, 5) is 4.25. The summed E-state index contributed by atoms with van der Waals surface area (Å²) in [7, 11) is 0. The average Bonchev–Trinajstić information content (AvgIpc) is 2.34. The molecule has 2 atom stereocenters. The van der Waals surface area contributed by atoms with Crippen molar-refractivity contribution in [1.29, 1.82) is 0 Å². The van der Waals surface area contributed by atoms with Gasteiger partial charge in [-0.15, -0.1) is 0 Å². The Balaban J connectivity index is 2.11. The molecular weight excluding hydrogens is 206 g/mol. The van der Waals surface area contributed by atoms with Gasteiger partial charge in [0, 0.05) is 11.9 Å². The van der Waals surface area contributed by atoms with E-state index in [2.05, 4.69) is 10.4 Å². The molecule has 0 amide bonds. The van der Waals surface area contributed by atoms with E-state index in [1.165, 1.54) is 0 Å². The number of aromatic nitrogens is 1. The fourth-order valence-electron chi connectivity index (χ4n) is 1.78. The lowest BCUT2D eigenvalue weighted by Crippen LogP contribution is -2.43. The highest BCUT2D eigenvalue weighted by atomic mass is 16.6. The summed E-state index contributed by atoms with van der Waals surface area (Å²) in [5.74, 6) is 5.56. The van der Waals surface area contributed by atoms with Gasteiger partial charge in [-0.05, 0) is 18.6 Å². The summed E-state index contributed by atoms with van der Waals surface area (Å²) in [5, 5.41) is 0. The van der Waals surface area contributed by atoms with Crippen LogP contribution in [0.3, 0.4) is 0 Å². The van der Waals surface area contributed by atoms with E-state index >= 15 is 0 Å². The van der Waals surface area contributed by atoms with Crippen molar-refractivity contribution in [3.8, 4) is 0 Å². The first-order chi connectivity index (χ1) is 7.81. The van der Waals surface area contributed by atoms with Crippen LogP contribution in [0.4, 0.5) is 0 Å². The van der Waals surface area contributed by atoms with Gasteiger partial charge in [0.2, 0.25) is 0 Å². The molecule has 0 radical (unpaired) electrons. The van der Waals surface area contributed by atoms with Crippen LogP contribution in [0.2, 0.25) is 0 Å². The van der Waals surface area contributed by atoms with Gasteiger partial charge >= 0.3 is 0 Å². The zero-order valence-corrected chi connectivity index (χ0v) is 9.35. The molecular formula is C11H17N3O2. The Morgan fingerprint density at radius 3 is 2.94 bits per heavy atom. The van der Waals surface area contributed by atoms with E-state index in [1.807, 2.05) is 25.3 Å². The second-order valence-corrected chi connectivity index (χ2v) is 3.86. The Kier molecular flexibility index (Phi) is 3.84. The summed E-state index contributed by atoms with van der Waals surface area (Å²) in [6.07, 6.45) is 1.76. The van der Waals surface area contributed by atoms with Gasteiger partial charge in [-0.1, -0.05) is 6.07 Å². The summed E-state index contributed by atoms with van der Waals surface area (Å²) in [6, 6.07) is 3.89. The number of nitrogens with one attached hydrogen (secondary N) is 1. The predicted molar refractivity (Wildman–Crippen MR) is 59.6 cm³/mol. The molecule has 1 aromatic rings. The Labute approximate surface area is 94.9 Å². The van der Waals surface area contributed by atoms with Crippen molar-refractivity contribution in [2.45, 2.75) is 19.1 Å². The highest BCUT2D eigenvalue weighted by Gasteiger charge is 2.25. The van der Waals surface area contributed by atoms with Crippen LogP contribution in [0, 0.1) is 6.92 Å². The smallest absolute Gasteiger partial charge is 0.102 e. The predicted octanol–water partition coefficient (Wildman–Crippen LogP) is 0.310. The zero-order chi connectivity index (χ0) is 11.4. The summed E-state index contributed by atoms with van der Waals surface area (Å²) in [5.41, 5.74) is 4.77. The minimum Gasteiger partial charge on any atom is -0.376 e. The number of pyridine rings is 1. The molecule has 1 fully saturated rings. The molecule has 1 aliphatic rings. The van der Waals surface area contributed by atoms with E-state index in [4.69, 9.17) is 15.3 Å². The lowest BCUT2D eigenvalue weighted by atomic mass is 10.0. The summed E-state index contributed by atoms with van der Waals surface area (Å²) < 4.78 is 11.0. The molecule has 88 valence electrons. The van der Waals surface area contributed by atoms with E-state index in [1.54, 1.807) is 0 Å². The average molecular weight is 223 g/mol. The van der Waals surface area contributed by atoms with Crippen LogP contribution in [0.5, 0.6) is 0 Å². The third-order valence-corrected chi connectivity index (χ3v) is 2.69. The highest BCUT2D eigenvalue weighted by Crippen LogP contribution is 2.20. The Morgan fingerprint density at radius 1 is 1.50 bits per heavy atom. The van der Waals surface area contributed by atoms with Crippen molar-refractivity contribution in [3.63, 3.8) is 0 Å². The topological polar surface area (TPSA) is 69.4 Å². The Morgan fingerprint density at radius 2 is 2.38 bits per heavy atom. The normalized spacial score (nSPS) is 23.0. The van der Waals surface area contributed by atoms with Crippen LogP contribution in [0.1, 0.15) is 17.3 Å². The van der Waals surface area contributed by atoms with Gasteiger partial charge in [-0.2, -0.15) is 0 Å². The molecule has 1 aliphatic heterocycles. The summed E-state index contributed by atoms with van der Waals surface area (Å²) >= 11 is 0. The molecule has 0 saturated carbocycles. The highest BCUT2D eigenvalue weighted by molar-refractivity contribution is 5.18. The third-order valence-electron chi connectivity index (χ3n) is 2.69. The first-order valence-corrected chi connectivity index (χ1v) is 5.39. The SMILES string of the molecule is Cc1ccc(C(NN)C2COCCO2)cn1. The first-order valence-electron chi connectivity index (χ1n) is 5.39. The van der Waals surface area contributed by atoms with Gasteiger partial charge in [0.1, 0.15) is 6.10 Å². The minimum atomic E-state index is -0.0756. The van der Waals surface area contributed by atoms with E-state index in [-0.39, 0.29) is 12.1 Å². The van der Waals surface area contributed by atoms with Crippen molar-refractivity contribution in [3.05, 3.63) is 29.6 Å². The molecule has 0 spiro atoms. The fourth-order valence-corrected chi connectivity index (χ4v) is 1.78. The molecule has 5 nitrogen and oxygen atoms in total. The van der Waals surface area contributed by atoms with E-state index in [0.717, 1.165) is 11.3 Å². The molecule has 1 saturated heterocycles. The fraction of sp³-hybridized carbons (Fsp3) is 0.545. The van der Waals surface area contributed by atoms with Crippen molar-refractivity contribution in [1.82, 2.24) is 10.4 Å². The standard InChI is InChI=1S/C11H17N3O2/c1-8-2-3-9(6-13-8)11(14-12)10-7-15-4-5-16-10/h2-3,6,10-11,14H,4-5,7,12H2,1H3. The van der Waals surface area contributed by atoms with Crippen molar-refractivity contribution >= 4 is 0 Å². The number of hydrazine groups is 1. The number of nitrogens with zero attached hydrogens (tertiary/aromatic N) is 1. The lowest BCUT2D eigenvalue weighted by Gasteiger charge is -2.30. The van der Waals surface area contributed by atoms with Crippen LogP contribution in [0.15, 0.2) is 18.3 Å². The van der Waals surface area contributed by atoms with Gasteiger partial charge in [0.25, 0.3) is 0 Å². The van der Waals surface area contributed by atoms with Crippen LogP contribution >= 0.6 is 0 Å². The lowest BCUT2D eigenvalue weighted by molar-refractivity contribution is -0.102.